The van der Waals surface area contributed by atoms with E-state index in [1.165, 1.54) is 0 Å². The Balaban J connectivity index is 1.61. The first-order chi connectivity index (χ1) is 10.7. The van der Waals surface area contributed by atoms with Gasteiger partial charge in [0.1, 0.15) is 0 Å². The third-order valence-corrected chi connectivity index (χ3v) is 4.65. The molecule has 22 heavy (non-hydrogen) atoms. The molecule has 0 saturated heterocycles. The van der Waals surface area contributed by atoms with Gasteiger partial charge in [0.2, 0.25) is 11.8 Å². The van der Waals surface area contributed by atoms with Gasteiger partial charge < -0.3 is 10.6 Å². The first kappa shape index (κ1) is 15.1. The van der Waals surface area contributed by atoms with Crippen LogP contribution in [0.5, 0.6) is 0 Å². The van der Waals surface area contributed by atoms with Crippen molar-refractivity contribution in [2.75, 3.05) is 11.9 Å². The second-order valence-corrected chi connectivity index (χ2v) is 6.53. The highest BCUT2D eigenvalue weighted by Gasteiger charge is 2.50. The van der Waals surface area contributed by atoms with Crippen molar-refractivity contribution >= 4 is 17.5 Å². The lowest BCUT2D eigenvalue weighted by Gasteiger charge is -2.16. The van der Waals surface area contributed by atoms with Gasteiger partial charge >= 0.3 is 0 Å². The monoisotopic (exact) mass is 300 g/mol. The molecule has 2 aliphatic rings. The van der Waals surface area contributed by atoms with Crippen LogP contribution >= 0.6 is 0 Å². The van der Waals surface area contributed by atoms with Gasteiger partial charge in [-0.3, -0.25) is 9.59 Å². The van der Waals surface area contributed by atoms with Crippen LogP contribution in [0.1, 0.15) is 51.0 Å². The van der Waals surface area contributed by atoms with Crippen LogP contribution in [0.4, 0.5) is 5.69 Å². The summed E-state index contributed by atoms with van der Waals surface area (Å²) in [7, 11) is 0. The van der Waals surface area contributed by atoms with Gasteiger partial charge in [0, 0.05) is 18.2 Å². The van der Waals surface area contributed by atoms with Crippen LogP contribution in [0, 0.1) is 5.92 Å². The topological polar surface area (TPSA) is 58.2 Å². The zero-order valence-corrected chi connectivity index (χ0v) is 13.2. The highest BCUT2D eigenvalue weighted by atomic mass is 16.2. The zero-order chi connectivity index (χ0) is 15.6. The van der Waals surface area contributed by atoms with Crippen LogP contribution in [0.25, 0.3) is 0 Å². The van der Waals surface area contributed by atoms with Crippen LogP contribution in [0.15, 0.2) is 24.3 Å². The molecular weight excluding hydrogens is 276 g/mol. The summed E-state index contributed by atoms with van der Waals surface area (Å²) in [5.41, 5.74) is 1.56. The normalized spacial score (nSPS) is 18.6. The zero-order valence-electron chi connectivity index (χ0n) is 13.2. The molecule has 0 unspecified atom stereocenters. The molecule has 2 saturated carbocycles. The van der Waals surface area contributed by atoms with Crippen molar-refractivity contribution in [1.29, 1.82) is 0 Å². The fraction of sp³-hybridized carbons (Fsp3) is 0.556. The number of amides is 2. The van der Waals surface area contributed by atoms with E-state index in [4.69, 9.17) is 0 Å². The minimum Gasteiger partial charge on any atom is -0.355 e. The number of hydrogen-bond donors (Lipinski definition) is 2. The molecule has 2 amide bonds. The number of carbonyl (C=O) groups is 2. The van der Waals surface area contributed by atoms with Gasteiger partial charge in [0.15, 0.2) is 0 Å². The number of rotatable bonds is 7. The number of unbranched alkanes of at least 4 members (excludes halogenated alkanes) is 1. The van der Waals surface area contributed by atoms with Crippen molar-refractivity contribution in [2.45, 2.75) is 50.9 Å². The molecule has 4 nitrogen and oxygen atoms in total. The number of hydrogen-bond acceptors (Lipinski definition) is 2. The molecule has 2 N–H and O–H groups in total. The van der Waals surface area contributed by atoms with Gasteiger partial charge in [0.25, 0.3) is 0 Å². The van der Waals surface area contributed by atoms with Crippen molar-refractivity contribution in [3.8, 4) is 0 Å². The van der Waals surface area contributed by atoms with Crippen LogP contribution in [0.3, 0.4) is 0 Å². The van der Waals surface area contributed by atoms with E-state index < -0.39 is 0 Å². The third kappa shape index (κ3) is 3.16. The summed E-state index contributed by atoms with van der Waals surface area (Å²) in [5, 5.41) is 5.98. The minimum atomic E-state index is -0.327. The summed E-state index contributed by atoms with van der Waals surface area (Å²) in [6, 6.07) is 7.79. The lowest BCUT2D eigenvalue weighted by Crippen LogP contribution is -2.35. The minimum absolute atomic E-state index is 0.117. The Hall–Kier alpha value is -1.84. The standard InChI is InChI=1S/C18H24N2O2/c1-2-3-12-19-17(22)18(10-11-18)14-6-8-15(9-7-14)20-16(21)13-4-5-13/h6-9,13H,2-5,10-12H2,1H3,(H,19,22)(H,20,21). The molecular formula is C18H24N2O2. The van der Waals surface area contributed by atoms with Crippen LogP contribution < -0.4 is 10.6 Å². The fourth-order valence-corrected chi connectivity index (χ4v) is 2.78. The van der Waals surface area contributed by atoms with E-state index in [1.54, 1.807) is 0 Å². The number of nitrogens with one attached hydrogen (secondary N) is 2. The molecule has 0 aliphatic heterocycles. The predicted molar refractivity (Wildman–Crippen MR) is 86.6 cm³/mol. The summed E-state index contributed by atoms with van der Waals surface area (Å²) in [6.45, 7) is 2.88. The first-order valence-corrected chi connectivity index (χ1v) is 8.35. The highest BCUT2D eigenvalue weighted by molar-refractivity contribution is 5.94. The summed E-state index contributed by atoms with van der Waals surface area (Å²) < 4.78 is 0. The van der Waals surface area contributed by atoms with Gasteiger partial charge in [0.05, 0.1) is 5.41 Å². The lowest BCUT2D eigenvalue weighted by atomic mass is 9.94. The highest BCUT2D eigenvalue weighted by Crippen LogP contribution is 2.48. The molecule has 2 aliphatic carbocycles. The fourth-order valence-electron chi connectivity index (χ4n) is 2.78. The average molecular weight is 300 g/mol. The lowest BCUT2D eigenvalue weighted by molar-refractivity contribution is -0.123. The molecule has 1 aromatic rings. The average Bonchev–Trinajstić information content (AvgIpc) is 3.40. The van der Waals surface area contributed by atoms with Crippen molar-refractivity contribution in [3.05, 3.63) is 29.8 Å². The Morgan fingerprint density at radius 3 is 2.41 bits per heavy atom. The summed E-state index contributed by atoms with van der Waals surface area (Å²) in [5.74, 6) is 0.473. The van der Waals surface area contributed by atoms with E-state index in [-0.39, 0.29) is 23.1 Å². The van der Waals surface area contributed by atoms with E-state index >= 15 is 0 Å². The van der Waals surface area contributed by atoms with Crippen molar-refractivity contribution in [1.82, 2.24) is 5.32 Å². The Kier molecular flexibility index (Phi) is 4.19. The van der Waals surface area contributed by atoms with Gasteiger partial charge in [-0.15, -0.1) is 0 Å². The van der Waals surface area contributed by atoms with Crippen molar-refractivity contribution in [3.63, 3.8) is 0 Å². The van der Waals surface area contributed by atoms with E-state index in [0.29, 0.717) is 0 Å². The predicted octanol–water partition coefficient (Wildman–Crippen LogP) is 2.98. The van der Waals surface area contributed by atoms with E-state index in [1.807, 2.05) is 24.3 Å². The van der Waals surface area contributed by atoms with Crippen LogP contribution in [-0.2, 0) is 15.0 Å². The molecule has 0 radical (unpaired) electrons. The van der Waals surface area contributed by atoms with Crippen molar-refractivity contribution in [2.24, 2.45) is 5.92 Å². The second-order valence-electron chi connectivity index (χ2n) is 6.53. The summed E-state index contributed by atoms with van der Waals surface area (Å²) in [6.07, 6.45) is 5.95. The molecule has 4 heteroatoms. The van der Waals surface area contributed by atoms with Gasteiger partial charge in [-0.25, -0.2) is 0 Å². The number of benzene rings is 1. The molecule has 0 bridgehead atoms. The van der Waals surface area contributed by atoms with Gasteiger partial charge in [-0.1, -0.05) is 25.5 Å². The van der Waals surface area contributed by atoms with Crippen molar-refractivity contribution < 1.29 is 9.59 Å². The number of anilines is 1. The molecule has 3 rings (SSSR count). The van der Waals surface area contributed by atoms with E-state index in [2.05, 4.69) is 17.6 Å². The molecule has 0 spiro atoms. The Bertz CT molecular complexity index is 557. The van der Waals surface area contributed by atoms with E-state index in [9.17, 15) is 9.59 Å². The summed E-state index contributed by atoms with van der Waals surface area (Å²) >= 11 is 0. The molecule has 118 valence electrons. The molecule has 1 aromatic carbocycles. The Labute approximate surface area is 131 Å². The van der Waals surface area contributed by atoms with Gasteiger partial charge in [-0.05, 0) is 49.8 Å². The third-order valence-electron chi connectivity index (χ3n) is 4.65. The van der Waals surface area contributed by atoms with E-state index in [0.717, 1.165) is 56.3 Å². The Morgan fingerprint density at radius 1 is 1.18 bits per heavy atom. The van der Waals surface area contributed by atoms with Crippen LogP contribution in [-0.4, -0.2) is 18.4 Å². The summed E-state index contributed by atoms with van der Waals surface area (Å²) in [4.78, 5) is 24.1. The van der Waals surface area contributed by atoms with Gasteiger partial charge in [-0.2, -0.15) is 0 Å². The smallest absolute Gasteiger partial charge is 0.230 e. The Morgan fingerprint density at radius 2 is 1.86 bits per heavy atom. The molecule has 0 heterocycles. The van der Waals surface area contributed by atoms with Crippen LogP contribution in [0.2, 0.25) is 0 Å². The molecule has 0 atom stereocenters. The number of carbonyl (C=O) groups excluding carboxylic acids is 2. The maximum absolute atomic E-state index is 12.4. The SMILES string of the molecule is CCCCNC(=O)C1(c2ccc(NC(=O)C3CC3)cc2)CC1. The maximum atomic E-state index is 12.4. The largest absolute Gasteiger partial charge is 0.355 e. The quantitative estimate of drug-likeness (QED) is 0.761. The first-order valence-electron chi connectivity index (χ1n) is 8.35. The molecule has 2 fully saturated rings. The molecule has 0 aromatic heterocycles. The second kappa shape index (κ2) is 6.11. The maximum Gasteiger partial charge on any atom is 0.230 e.